The highest BCUT2D eigenvalue weighted by molar-refractivity contribution is 5.58. The summed E-state index contributed by atoms with van der Waals surface area (Å²) in [7, 11) is 0. The fourth-order valence-electron chi connectivity index (χ4n) is 1.81. The van der Waals surface area contributed by atoms with Crippen LogP contribution in [0.3, 0.4) is 0 Å². The van der Waals surface area contributed by atoms with Crippen molar-refractivity contribution < 1.29 is 0 Å². The minimum Gasteiger partial charge on any atom is -0.399 e. The molecular weight excluding hydrogens is 252 g/mol. The molecule has 96 valence electrons. The molecule has 0 amide bonds. The maximum Gasteiger partial charge on any atom is 0.181 e. The van der Waals surface area contributed by atoms with E-state index in [4.69, 9.17) is 11.0 Å². The lowest BCUT2D eigenvalue weighted by Gasteiger charge is -2.01. The molecule has 0 fully saturated rings. The minimum atomic E-state index is 0.307. The van der Waals surface area contributed by atoms with Gasteiger partial charge in [0.1, 0.15) is 18.1 Å². The van der Waals surface area contributed by atoms with Gasteiger partial charge in [0, 0.05) is 17.4 Å². The summed E-state index contributed by atoms with van der Waals surface area (Å²) in [6.45, 7) is 0. The van der Waals surface area contributed by atoms with Crippen LogP contribution < -0.4 is 5.73 Å². The Morgan fingerprint density at radius 3 is 2.65 bits per heavy atom. The van der Waals surface area contributed by atoms with Gasteiger partial charge in [0.25, 0.3) is 0 Å². The van der Waals surface area contributed by atoms with Crippen molar-refractivity contribution in [3.63, 3.8) is 0 Å². The van der Waals surface area contributed by atoms with E-state index in [0.29, 0.717) is 22.9 Å². The third kappa shape index (κ3) is 2.08. The molecule has 6 heteroatoms. The van der Waals surface area contributed by atoms with Crippen molar-refractivity contribution in [1.29, 1.82) is 5.26 Å². The summed E-state index contributed by atoms with van der Waals surface area (Å²) in [5, 5.41) is 13.4. The molecule has 0 unspecified atom stereocenters. The van der Waals surface area contributed by atoms with Gasteiger partial charge in [-0.2, -0.15) is 5.26 Å². The zero-order chi connectivity index (χ0) is 13.9. The highest BCUT2D eigenvalue weighted by Crippen LogP contribution is 2.18. The van der Waals surface area contributed by atoms with Crippen molar-refractivity contribution in [3.05, 3.63) is 54.6 Å². The summed E-state index contributed by atoms with van der Waals surface area (Å²) in [6, 6.07) is 12.8. The Bertz CT molecular complexity index is 782. The molecule has 2 N–H and O–H groups in total. The Morgan fingerprint density at radius 1 is 1.10 bits per heavy atom. The predicted octanol–water partition coefficient (Wildman–Crippen LogP) is 1.78. The molecule has 0 bridgehead atoms. The van der Waals surface area contributed by atoms with Crippen molar-refractivity contribution >= 4 is 5.69 Å². The Kier molecular flexibility index (Phi) is 2.86. The van der Waals surface area contributed by atoms with Gasteiger partial charge in [-0.1, -0.05) is 0 Å². The van der Waals surface area contributed by atoms with Crippen molar-refractivity contribution in [2.45, 2.75) is 0 Å². The lowest BCUT2D eigenvalue weighted by molar-refractivity contribution is 0.870. The van der Waals surface area contributed by atoms with Crippen LogP contribution in [0.4, 0.5) is 5.69 Å². The number of nitriles is 1. The molecule has 1 aromatic carbocycles. The number of anilines is 1. The monoisotopic (exact) mass is 262 g/mol. The molecule has 0 aliphatic carbocycles. The van der Waals surface area contributed by atoms with Crippen molar-refractivity contribution in [3.8, 4) is 23.1 Å². The number of nitrogen functional groups attached to an aromatic ring is 1. The molecule has 3 rings (SSSR count). The number of hydrogen-bond donors (Lipinski definition) is 1. The molecular formula is C14H10N6. The minimum absolute atomic E-state index is 0.307. The van der Waals surface area contributed by atoms with E-state index in [1.807, 2.05) is 18.2 Å². The highest BCUT2D eigenvalue weighted by atomic mass is 15.3. The Labute approximate surface area is 115 Å². The molecule has 20 heavy (non-hydrogen) atoms. The summed E-state index contributed by atoms with van der Waals surface area (Å²) in [6.07, 6.45) is 3.13. The maximum atomic E-state index is 9.05. The molecule has 2 aromatic heterocycles. The second-order valence-electron chi connectivity index (χ2n) is 4.12. The number of nitrogens with two attached hydrogens (primary N) is 1. The lowest BCUT2D eigenvalue weighted by Crippen LogP contribution is -1.99. The van der Waals surface area contributed by atoms with E-state index in [0.717, 1.165) is 5.56 Å². The first kappa shape index (κ1) is 11.9. The summed E-state index contributed by atoms with van der Waals surface area (Å²) < 4.78 is 1.54. The summed E-state index contributed by atoms with van der Waals surface area (Å²) >= 11 is 0. The highest BCUT2D eigenvalue weighted by Gasteiger charge is 2.09. The number of benzene rings is 1. The van der Waals surface area contributed by atoms with E-state index >= 15 is 0 Å². The quantitative estimate of drug-likeness (QED) is 0.710. The first-order chi connectivity index (χ1) is 9.78. The molecule has 0 saturated heterocycles. The van der Waals surface area contributed by atoms with Crippen LogP contribution in [0.25, 0.3) is 17.1 Å². The summed E-state index contributed by atoms with van der Waals surface area (Å²) in [4.78, 5) is 8.24. The molecule has 0 aliphatic heterocycles. The van der Waals surface area contributed by atoms with Crippen LogP contribution in [-0.4, -0.2) is 19.7 Å². The zero-order valence-corrected chi connectivity index (χ0v) is 10.4. The lowest BCUT2D eigenvalue weighted by atomic mass is 10.2. The van der Waals surface area contributed by atoms with Crippen LogP contribution in [0.1, 0.15) is 5.69 Å². The fraction of sp³-hybridized carbons (Fsp3) is 0. The van der Waals surface area contributed by atoms with E-state index in [1.54, 1.807) is 36.8 Å². The number of pyridine rings is 1. The van der Waals surface area contributed by atoms with E-state index in [9.17, 15) is 0 Å². The van der Waals surface area contributed by atoms with Gasteiger partial charge in [-0.25, -0.2) is 14.6 Å². The fourth-order valence-corrected chi connectivity index (χ4v) is 1.81. The third-order valence-corrected chi connectivity index (χ3v) is 2.80. The Morgan fingerprint density at radius 2 is 1.90 bits per heavy atom. The normalized spacial score (nSPS) is 10.2. The number of hydrogen-bond acceptors (Lipinski definition) is 5. The van der Waals surface area contributed by atoms with Gasteiger partial charge < -0.3 is 5.73 Å². The molecule has 0 radical (unpaired) electrons. The second-order valence-corrected chi connectivity index (χ2v) is 4.12. The summed E-state index contributed by atoms with van der Waals surface area (Å²) in [5.41, 5.74) is 8.11. The molecule has 0 atom stereocenters. The topological polar surface area (TPSA) is 93.4 Å². The van der Waals surface area contributed by atoms with E-state index in [-0.39, 0.29) is 0 Å². The predicted molar refractivity (Wildman–Crippen MR) is 73.7 cm³/mol. The van der Waals surface area contributed by atoms with Crippen LogP contribution in [-0.2, 0) is 0 Å². The van der Waals surface area contributed by atoms with Gasteiger partial charge in [-0.15, -0.1) is 5.10 Å². The Hall–Kier alpha value is -3.20. The van der Waals surface area contributed by atoms with Crippen LogP contribution in [0.5, 0.6) is 0 Å². The first-order valence-corrected chi connectivity index (χ1v) is 5.91. The van der Waals surface area contributed by atoms with Gasteiger partial charge >= 0.3 is 0 Å². The Balaban J connectivity index is 2.02. The first-order valence-electron chi connectivity index (χ1n) is 5.91. The SMILES string of the molecule is N#Cc1ncccc1-n1cnc(-c2ccc(N)cc2)n1. The van der Waals surface area contributed by atoms with Gasteiger partial charge in [-0.3, -0.25) is 0 Å². The van der Waals surface area contributed by atoms with Gasteiger partial charge in [0.05, 0.1) is 0 Å². The molecule has 3 aromatic rings. The standard InChI is InChI=1S/C14H10N6/c15-8-12-13(2-1-7-17-12)20-9-18-14(19-20)10-3-5-11(16)6-4-10/h1-7,9H,16H2. The molecule has 0 spiro atoms. The molecule has 2 heterocycles. The van der Waals surface area contributed by atoms with E-state index in [1.165, 1.54) is 4.68 Å². The third-order valence-electron chi connectivity index (χ3n) is 2.80. The largest absolute Gasteiger partial charge is 0.399 e. The zero-order valence-electron chi connectivity index (χ0n) is 10.4. The average Bonchev–Trinajstić information content (AvgIpc) is 2.97. The maximum absolute atomic E-state index is 9.05. The van der Waals surface area contributed by atoms with Gasteiger partial charge in [0.15, 0.2) is 11.5 Å². The van der Waals surface area contributed by atoms with Crippen LogP contribution in [0.15, 0.2) is 48.9 Å². The molecule has 6 nitrogen and oxygen atoms in total. The van der Waals surface area contributed by atoms with Gasteiger partial charge in [0.2, 0.25) is 0 Å². The van der Waals surface area contributed by atoms with E-state index < -0.39 is 0 Å². The van der Waals surface area contributed by atoms with Crippen LogP contribution in [0, 0.1) is 11.3 Å². The van der Waals surface area contributed by atoms with Crippen LogP contribution >= 0.6 is 0 Å². The number of nitrogens with zero attached hydrogens (tertiary/aromatic N) is 5. The molecule has 0 aliphatic rings. The average molecular weight is 262 g/mol. The number of rotatable bonds is 2. The summed E-state index contributed by atoms with van der Waals surface area (Å²) in [5.74, 6) is 0.567. The van der Waals surface area contributed by atoms with Crippen LogP contribution in [0.2, 0.25) is 0 Å². The van der Waals surface area contributed by atoms with Crippen molar-refractivity contribution in [2.75, 3.05) is 5.73 Å². The molecule has 0 saturated carbocycles. The smallest absolute Gasteiger partial charge is 0.181 e. The van der Waals surface area contributed by atoms with E-state index in [2.05, 4.69) is 15.1 Å². The second kappa shape index (κ2) is 4.82. The number of aromatic nitrogens is 4. The van der Waals surface area contributed by atoms with Crippen molar-refractivity contribution in [2.24, 2.45) is 0 Å². The van der Waals surface area contributed by atoms with Gasteiger partial charge in [-0.05, 0) is 36.4 Å². The van der Waals surface area contributed by atoms with Crippen molar-refractivity contribution in [1.82, 2.24) is 19.7 Å².